The lowest BCUT2D eigenvalue weighted by molar-refractivity contribution is 0.0793. The number of carbonyl (C=O) groups is 1. The van der Waals surface area contributed by atoms with Crippen LogP contribution in [0.5, 0.6) is 0 Å². The number of amidine groups is 1. The summed E-state index contributed by atoms with van der Waals surface area (Å²) in [6, 6.07) is 7.76. The molecule has 2 rings (SSSR count). The second-order valence-corrected chi connectivity index (χ2v) is 5.95. The first kappa shape index (κ1) is 15.6. The molecule has 0 atom stereocenters. The SMILES string of the molecule is C=CCN=C(N)SCc1ccc(C(=O)N2CCCC2)cc1. The van der Waals surface area contributed by atoms with E-state index in [4.69, 9.17) is 5.73 Å². The van der Waals surface area contributed by atoms with Gasteiger partial charge in [0.25, 0.3) is 5.91 Å². The number of nitrogens with zero attached hydrogens (tertiary/aromatic N) is 2. The van der Waals surface area contributed by atoms with Gasteiger partial charge in [0.2, 0.25) is 0 Å². The zero-order valence-electron chi connectivity index (χ0n) is 12.1. The number of rotatable bonds is 5. The minimum absolute atomic E-state index is 0.138. The van der Waals surface area contributed by atoms with Gasteiger partial charge in [0, 0.05) is 24.4 Å². The molecule has 1 aliphatic rings. The first-order valence-corrected chi connectivity index (χ1v) is 8.11. The molecule has 0 saturated carbocycles. The Labute approximate surface area is 130 Å². The first-order chi connectivity index (χ1) is 10.2. The Morgan fingerprint density at radius 1 is 1.33 bits per heavy atom. The van der Waals surface area contributed by atoms with E-state index < -0.39 is 0 Å². The molecule has 1 fully saturated rings. The Kier molecular flexibility index (Phi) is 5.87. The summed E-state index contributed by atoms with van der Waals surface area (Å²) in [6.45, 7) is 5.91. The molecule has 0 radical (unpaired) electrons. The molecule has 0 bridgehead atoms. The minimum Gasteiger partial charge on any atom is -0.379 e. The Morgan fingerprint density at radius 2 is 2.00 bits per heavy atom. The summed E-state index contributed by atoms with van der Waals surface area (Å²) < 4.78 is 0. The van der Waals surface area contributed by atoms with Gasteiger partial charge in [0.05, 0.1) is 6.54 Å². The van der Waals surface area contributed by atoms with Gasteiger partial charge in [0.1, 0.15) is 0 Å². The maximum atomic E-state index is 12.2. The quantitative estimate of drug-likeness (QED) is 0.517. The number of likely N-dealkylation sites (tertiary alicyclic amines) is 1. The second-order valence-electron chi connectivity index (χ2n) is 4.95. The zero-order chi connectivity index (χ0) is 15.1. The predicted octanol–water partition coefficient (Wildman–Crippen LogP) is 2.66. The van der Waals surface area contributed by atoms with Crippen LogP contribution in [0.3, 0.4) is 0 Å². The molecule has 5 heteroatoms. The number of carbonyl (C=O) groups excluding carboxylic acids is 1. The van der Waals surface area contributed by atoms with E-state index in [1.54, 1.807) is 6.08 Å². The predicted molar refractivity (Wildman–Crippen MR) is 89.6 cm³/mol. The highest BCUT2D eigenvalue weighted by molar-refractivity contribution is 8.13. The standard InChI is InChI=1S/C16H21N3OS/c1-2-9-18-16(17)21-12-13-5-7-14(8-6-13)15(20)19-10-3-4-11-19/h2,5-8H,1,3-4,9-12H2,(H2,17,18). The number of nitrogens with two attached hydrogens (primary N) is 1. The highest BCUT2D eigenvalue weighted by Gasteiger charge is 2.18. The van der Waals surface area contributed by atoms with Crippen LogP contribution in [-0.2, 0) is 5.75 Å². The summed E-state index contributed by atoms with van der Waals surface area (Å²) in [4.78, 5) is 18.3. The molecular weight excluding hydrogens is 282 g/mol. The lowest BCUT2D eigenvalue weighted by Crippen LogP contribution is -2.27. The summed E-state index contributed by atoms with van der Waals surface area (Å²) in [5.41, 5.74) is 7.67. The highest BCUT2D eigenvalue weighted by Crippen LogP contribution is 2.16. The molecule has 1 aromatic rings. The normalized spacial score (nSPS) is 15.2. The molecule has 4 nitrogen and oxygen atoms in total. The summed E-state index contributed by atoms with van der Waals surface area (Å²) >= 11 is 1.49. The fourth-order valence-corrected chi connectivity index (χ4v) is 2.88. The Balaban J connectivity index is 1.89. The molecular formula is C16H21N3OS. The van der Waals surface area contributed by atoms with Gasteiger partial charge in [-0.1, -0.05) is 30.0 Å². The van der Waals surface area contributed by atoms with Crippen molar-refractivity contribution in [1.29, 1.82) is 0 Å². The number of aliphatic imine (C=N–C) groups is 1. The van der Waals surface area contributed by atoms with Crippen molar-refractivity contribution in [3.05, 3.63) is 48.0 Å². The van der Waals surface area contributed by atoms with E-state index in [2.05, 4.69) is 11.6 Å². The third kappa shape index (κ3) is 4.63. The number of hydrogen-bond donors (Lipinski definition) is 1. The Hall–Kier alpha value is -1.75. The van der Waals surface area contributed by atoms with E-state index in [1.165, 1.54) is 11.8 Å². The smallest absolute Gasteiger partial charge is 0.253 e. The lowest BCUT2D eigenvalue weighted by atomic mass is 10.1. The van der Waals surface area contributed by atoms with Crippen LogP contribution in [0, 0.1) is 0 Å². The van der Waals surface area contributed by atoms with Crippen molar-refractivity contribution in [3.63, 3.8) is 0 Å². The van der Waals surface area contributed by atoms with Crippen LogP contribution in [0.1, 0.15) is 28.8 Å². The molecule has 21 heavy (non-hydrogen) atoms. The summed E-state index contributed by atoms with van der Waals surface area (Å²) in [6.07, 6.45) is 3.94. The molecule has 1 aliphatic heterocycles. The van der Waals surface area contributed by atoms with Gasteiger partial charge in [-0.3, -0.25) is 9.79 Å². The number of hydrogen-bond acceptors (Lipinski definition) is 3. The molecule has 0 aliphatic carbocycles. The van der Waals surface area contributed by atoms with E-state index in [-0.39, 0.29) is 5.91 Å². The van der Waals surface area contributed by atoms with Crippen molar-refractivity contribution in [2.45, 2.75) is 18.6 Å². The fourth-order valence-electron chi connectivity index (χ4n) is 2.20. The van der Waals surface area contributed by atoms with E-state index in [9.17, 15) is 4.79 Å². The molecule has 0 spiro atoms. The van der Waals surface area contributed by atoms with Crippen LogP contribution in [-0.4, -0.2) is 35.6 Å². The van der Waals surface area contributed by atoms with Crippen molar-refractivity contribution >= 4 is 22.8 Å². The molecule has 0 aromatic heterocycles. The molecule has 112 valence electrons. The van der Waals surface area contributed by atoms with E-state index >= 15 is 0 Å². The third-order valence-corrected chi connectivity index (χ3v) is 4.26. The summed E-state index contributed by atoms with van der Waals surface area (Å²) in [5.74, 6) is 0.892. The van der Waals surface area contributed by atoms with E-state index in [1.807, 2.05) is 29.2 Å². The van der Waals surface area contributed by atoms with Crippen molar-refractivity contribution < 1.29 is 4.79 Å². The first-order valence-electron chi connectivity index (χ1n) is 7.12. The third-order valence-electron chi connectivity index (χ3n) is 3.36. The highest BCUT2D eigenvalue weighted by atomic mass is 32.2. The fraction of sp³-hybridized carbons (Fsp3) is 0.375. The molecule has 1 aromatic carbocycles. The van der Waals surface area contributed by atoms with Crippen LogP contribution in [0.15, 0.2) is 41.9 Å². The van der Waals surface area contributed by atoms with Crippen molar-refractivity contribution in [1.82, 2.24) is 4.90 Å². The number of amides is 1. The van der Waals surface area contributed by atoms with Crippen LogP contribution in [0.2, 0.25) is 0 Å². The monoisotopic (exact) mass is 303 g/mol. The number of benzene rings is 1. The van der Waals surface area contributed by atoms with Gasteiger partial charge in [-0.05, 0) is 30.5 Å². The lowest BCUT2D eigenvalue weighted by Gasteiger charge is -2.15. The molecule has 1 heterocycles. The van der Waals surface area contributed by atoms with Gasteiger partial charge >= 0.3 is 0 Å². The molecule has 1 amide bonds. The Bertz CT molecular complexity index is 519. The molecule has 1 saturated heterocycles. The van der Waals surface area contributed by atoms with Crippen molar-refractivity contribution in [3.8, 4) is 0 Å². The Morgan fingerprint density at radius 3 is 2.62 bits per heavy atom. The average molecular weight is 303 g/mol. The summed E-state index contributed by atoms with van der Waals surface area (Å²) in [5, 5.41) is 0.562. The van der Waals surface area contributed by atoms with Crippen molar-refractivity contribution in [2.24, 2.45) is 10.7 Å². The van der Waals surface area contributed by atoms with Crippen LogP contribution in [0.4, 0.5) is 0 Å². The maximum Gasteiger partial charge on any atom is 0.253 e. The van der Waals surface area contributed by atoms with Gasteiger partial charge < -0.3 is 10.6 Å². The van der Waals surface area contributed by atoms with E-state index in [0.29, 0.717) is 11.7 Å². The van der Waals surface area contributed by atoms with Crippen molar-refractivity contribution in [2.75, 3.05) is 19.6 Å². The summed E-state index contributed by atoms with van der Waals surface area (Å²) in [7, 11) is 0. The van der Waals surface area contributed by atoms with Crippen LogP contribution < -0.4 is 5.73 Å². The van der Waals surface area contributed by atoms with E-state index in [0.717, 1.165) is 42.8 Å². The van der Waals surface area contributed by atoms with Gasteiger partial charge in [-0.25, -0.2) is 0 Å². The average Bonchev–Trinajstić information content (AvgIpc) is 3.05. The maximum absolute atomic E-state index is 12.2. The number of thioether (sulfide) groups is 1. The van der Waals surface area contributed by atoms with Crippen LogP contribution in [0.25, 0.3) is 0 Å². The van der Waals surface area contributed by atoms with Crippen LogP contribution >= 0.6 is 11.8 Å². The largest absolute Gasteiger partial charge is 0.379 e. The van der Waals surface area contributed by atoms with Gasteiger partial charge in [0.15, 0.2) is 5.17 Å². The van der Waals surface area contributed by atoms with Gasteiger partial charge in [-0.15, -0.1) is 6.58 Å². The molecule has 0 unspecified atom stereocenters. The zero-order valence-corrected chi connectivity index (χ0v) is 12.9. The molecule has 2 N–H and O–H groups in total. The van der Waals surface area contributed by atoms with Gasteiger partial charge in [-0.2, -0.15) is 0 Å². The second kappa shape index (κ2) is 7.88. The minimum atomic E-state index is 0.138. The topological polar surface area (TPSA) is 58.7 Å².